The molecule has 0 saturated carbocycles. The van der Waals surface area contributed by atoms with Gasteiger partial charge in [0, 0.05) is 5.55 Å². The average Bonchev–Trinajstić information content (AvgIpc) is 2.74. The van der Waals surface area contributed by atoms with E-state index in [1.54, 1.807) is 0 Å². The maximum Gasteiger partial charge on any atom is 0.350 e. The molecule has 3 N–H and O–H groups in total. The Bertz CT molecular complexity index is 467. The minimum Gasteiger partial charge on any atom is -0.477 e. The van der Waals surface area contributed by atoms with Gasteiger partial charge in [-0.15, -0.1) is 0 Å². The second-order valence-electron chi connectivity index (χ2n) is 5.08. The standard InChI is InChI=1S/C12H23N3O3S/c1-4-19(13,5-2,6-3)9-11(14-10-19)8-18-15-7-12(16)17/h7,9-10H,4-6,8,13H2,1-3H3,(H,16,17)/b15-7-. The van der Waals surface area contributed by atoms with Crippen molar-refractivity contribution >= 4 is 26.2 Å². The molecule has 6 nitrogen and oxygen atoms in total. The van der Waals surface area contributed by atoms with Gasteiger partial charge in [-0.05, 0) is 22.7 Å². The van der Waals surface area contributed by atoms with Crippen LogP contribution >= 0.6 is 8.48 Å². The number of aliphatic imine (C=N–C) groups is 1. The van der Waals surface area contributed by atoms with Crippen LogP contribution in [0.4, 0.5) is 0 Å². The third-order valence-electron chi connectivity index (χ3n) is 4.26. The first-order valence-electron chi connectivity index (χ1n) is 6.26. The molecule has 0 bridgehead atoms. The minimum atomic E-state index is -2.87. The summed E-state index contributed by atoms with van der Waals surface area (Å²) in [4.78, 5) is 19.5. The molecule has 1 heterocycles. The molecule has 0 fully saturated rings. The predicted octanol–water partition coefficient (Wildman–Crippen LogP) is 1.77. The van der Waals surface area contributed by atoms with Gasteiger partial charge in [0.05, 0.1) is 5.70 Å². The van der Waals surface area contributed by atoms with Gasteiger partial charge in [-0.25, -0.2) is 4.79 Å². The summed E-state index contributed by atoms with van der Waals surface area (Å²) >= 11 is 0. The highest BCUT2D eigenvalue weighted by molar-refractivity contribution is 8.73. The molecule has 0 unspecified atom stereocenters. The number of carbonyl (C=O) groups is 1. The molecule has 0 saturated heterocycles. The Labute approximate surface area is 112 Å². The van der Waals surface area contributed by atoms with Gasteiger partial charge in [0.2, 0.25) is 0 Å². The van der Waals surface area contributed by atoms with Crippen LogP contribution in [0.1, 0.15) is 20.8 Å². The quantitative estimate of drug-likeness (QED) is 0.551. The molecule has 0 spiro atoms. The van der Waals surface area contributed by atoms with Crippen molar-refractivity contribution in [2.75, 3.05) is 23.9 Å². The molecule has 1 rings (SSSR count). The third kappa shape index (κ3) is 2.82. The zero-order valence-electron chi connectivity index (χ0n) is 11.7. The van der Waals surface area contributed by atoms with Crippen molar-refractivity contribution in [1.82, 2.24) is 0 Å². The second-order valence-corrected chi connectivity index (χ2v) is 12.3. The van der Waals surface area contributed by atoms with Crippen molar-refractivity contribution in [1.29, 1.82) is 0 Å². The van der Waals surface area contributed by atoms with E-state index in [9.17, 15) is 4.79 Å². The Morgan fingerprint density at radius 1 is 1.47 bits per heavy atom. The highest BCUT2D eigenvalue weighted by atomic mass is 32.4. The van der Waals surface area contributed by atoms with Crippen LogP contribution in [0.2, 0.25) is 0 Å². The van der Waals surface area contributed by atoms with Crippen molar-refractivity contribution in [2.24, 2.45) is 15.3 Å². The van der Waals surface area contributed by atoms with Crippen molar-refractivity contribution < 1.29 is 14.7 Å². The van der Waals surface area contributed by atoms with Crippen LogP contribution in [0.25, 0.3) is 0 Å². The van der Waals surface area contributed by atoms with E-state index in [4.69, 9.17) is 15.1 Å². The number of nitrogens with zero attached hydrogens (tertiary/aromatic N) is 2. The van der Waals surface area contributed by atoms with Crippen LogP contribution in [0.3, 0.4) is 0 Å². The fourth-order valence-corrected chi connectivity index (χ4v) is 5.82. The Morgan fingerprint density at radius 2 is 2.05 bits per heavy atom. The lowest BCUT2D eigenvalue weighted by Crippen LogP contribution is -2.49. The van der Waals surface area contributed by atoms with Crippen LogP contribution < -0.4 is 5.14 Å². The lowest BCUT2D eigenvalue weighted by Gasteiger charge is -2.70. The maximum atomic E-state index is 10.3. The Kier molecular flexibility index (Phi) is 3.84. The average molecular weight is 289 g/mol. The lowest BCUT2D eigenvalue weighted by molar-refractivity contribution is -0.129. The lowest BCUT2D eigenvalue weighted by atomic mass is 10.6. The fraction of sp³-hybridized carbons (Fsp3) is 0.583. The van der Waals surface area contributed by atoms with E-state index in [0.29, 0.717) is 6.21 Å². The van der Waals surface area contributed by atoms with Crippen LogP contribution in [0.15, 0.2) is 21.3 Å². The molecule has 110 valence electrons. The normalized spacial score (nSPS) is 26.0. The number of carboxylic acids is 1. The molecule has 1 aliphatic heterocycles. The van der Waals surface area contributed by atoms with Crippen LogP contribution in [-0.2, 0) is 9.63 Å². The molecule has 0 atom stereocenters. The summed E-state index contributed by atoms with van der Waals surface area (Å²) in [6, 6.07) is 0. The molecule has 0 radical (unpaired) electrons. The van der Waals surface area contributed by atoms with Crippen LogP contribution in [-0.4, -0.2) is 46.7 Å². The zero-order valence-corrected chi connectivity index (χ0v) is 12.5. The predicted molar refractivity (Wildman–Crippen MR) is 82.1 cm³/mol. The molecule has 0 aromatic carbocycles. The smallest absolute Gasteiger partial charge is 0.350 e. The highest BCUT2D eigenvalue weighted by Gasteiger charge is 2.52. The van der Waals surface area contributed by atoms with E-state index in [-0.39, 0.29) is 6.61 Å². The van der Waals surface area contributed by atoms with Crippen LogP contribution in [0, 0.1) is 0 Å². The summed E-state index contributed by atoms with van der Waals surface area (Å²) in [5.74, 6) is 1.39. The van der Waals surface area contributed by atoms with Gasteiger partial charge in [-0.1, -0.05) is 25.9 Å². The molecule has 0 aromatic heterocycles. The SMILES string of the molecule is CCS1(N)(CC)(CC)C=NC(CO/N=C\C(=O)O)=C1. The first-order valence-corrected chi connectivity index (χ1v) is 9.41. The van der Waals surface area contributed by atoms with Gasteiger partial charge in [0.25, 0.3) is 0 Å². The summed E-state index contributed by atoms with van der Waals surface area (Å²) in [7, 11) is -2.87. The first-order chi connectivity index (χ1) is 8.76. The molecule has 1 aliphatic rings. The van der Waals surface area contributed by atoms with Gasteiger partial charge >= 0.3 is 5.97 Å². The van der Waals surface area contributed by atoms with E-state index < -0.39 is 14.4 Å². The number of aliphatic carboxylic acids is 1. The Balaban J connectivity index is 2.90. The van der Waals surface area contributed by atoms with Gasteiger partial charge in [-0.3, -0.25) is 4.99 Å². The number of nitrogens with two attached hydrogens (primary N) is 1. The summed E-state index contributed by atoms with van der Waals surface area (Å²) in [5, 5.41) is 20.6. The van der Waals surface area contributed by atoms with Crippen molar-refractivity contribution in [3.05, 3.63) is 11.1 Å². The fourth-order valence-electron chi connectivity index (χ4n) is 2.09. The van der Waals surface area contributed by atoms with Gasteiger partial charge in [-0.2, -0.15) is 8.48 Å². The van der Waals surface area contributed by atoms with E-state index in [1.807, 2.05) is 5.55 Å². The molecular weight excluding hydrogens is 266 g/mol. The van der Waals surface area contributed by atoms with Crippen molar-refractivity contribution in [3.8, 4) is 0 Å². The van der Waals surface area contributed by atoms with Crippen molar-refractivity contribution in [3.63, 3.8) is 0 Å². The number of oxime groups is 1. The zero-order chi connectivity index (χ0) is 14.6. The molecular formula is C12H23N3O3S. The summed E-state index contributed by atoms with van der Waals surface area (Å²) < 4.78 is 0. The largest absolute Gasteiger partial charge is 0.477 e. The number of hydrogen-bond acceptors (Lipinski definition) is 5. The summed E-state index contributed by atoms with van der Waals surface area (Å²) in [5.41, 5.74) is 2.64. The van der Waals surface area contributed by atoms with Gasteiger partial charge in [0.1, 0.15) is 0 Å². The highest BCUT2D eigenvalue weighted by Crippen LogP contribution is 2.83. The van der Waals surface area contributed by atoms with E-state index in [1.165, 1.54) is 0 Å². The molecule has 19 heavy (non-hydrogen) atoms. The van der Waals surface area contributed by atoms with E-state index in [0.717, 1.165) is 23.0 Å². The van der Waals surface area contributed by atoms with Crippen molar-refractivity contribution in [2.45, 2.75) is 20.8 Å². The number of rotatable bonds is 7. The van der Waals surface area contributed by atoms with E-state index >= 15 is 0 Å². The maximum absolute atomic E-state index is 10.3. The number of carboxylic acid groups (broad SMARTS) is 1. The number of hydrogen-bond donors (Lipinski definition) is 2. The Morgan fingerprint density at radius 3 is 2.47 bits per heavy atom. The van der Waals surface area contributed by atoms with E-state index in [2.05, 4.69) is 36.3 Å². The molecule has 0 amide bonds. The minimum absolute atomic E-state index is 0.136. The van der Waals surface area contributed by atoms with Gasteiger partial charge in [0.15, 0.2) is 12.8 Å². The van der Waals surface area contributed by atoms with Gasteiger partial charge < -0.3 is 15.1 Å². The topological polar surface area (TPSA) is 97.3 Å². The second kappa shape index (κ2) is 4.64. The monoisotopic (exact) mass is 289 g/mol. The third-order valence-corrected chi connectivity index (χ3v) is 11.6. The molecule has 0 aliphatic carbocycles. The molecule has 0 aromatic rings. The molecule has 7 heteroatoms. The first kappa shape index (κ1) is 15.7. The summed E-state index contributed by atoms with van der Waals surface area (Å²) in [6.45, 7) is 6.40. The summed E-state index contributed by atoms with van der Waals surface area (Å²) in [6.07, 6.45) is 0.704. The Hall–Kier alpha value is -1.34. The van der Waals surface area contributed by atoms with Crippen LogP contribution in [0.5, 0.6) is 0 Å².